The maximum Gasteiger partial charge on any atom is 0.318 e. The van der Waals surface area contributed by atoms with E-state index in [1.165, 1.54) is 0 Å². The van der Waals surface area contributed by atoms with Gasteiger partial charge in [0.05, 0.1) is 0 Å². The minimum Gasteiger partial charge on any atom is -0.369 e. The lowest BCUT2D eigenvalue weighted by Gasteiger charge is -2.29. The Bertz CT molecular complexity index is 388. The first-order valence-electron chi connectivity index (χ1n) is 5.84. The SMILES string of the molecule is CNC(=O)Nc1cccc(N2CCNCC2)c1. The van der Waals surface area contributed by atoms with Crippen molar-refractivity contribution in [2.45, 2.75) is 0 Å². The fourth-order valence-electron chi connectivity index (χ4n) is 1.90. The summed E-state index contributed by atoms with van der Waals surface area (Å²) in [7, 11) is 1.61. The van der Waals surface area contributed by atoms with Crippen molar-refractivity contribution in [2.75, 3.05) is 43.4 Å². The summed E-state index contributed by atoms with van der Waals surface area (Å²) in [5, 5.41) is 8.64. The van der Waals surface area contributed by atoms with Crippen molar-refractivity contribution >= 4 is 17.4 Å². The number of urea groups is 1. The zero-order valence-electron chi connectivity index (χ0n) is 9.99. The third-order valence-electron chi connectivity index (χ3n) is 2.81. The van der Waals surface area contributed by atoms with Crippen LogP contribution in [0.3, 0.4) is 0 Å². The molecule has 1 fully saturated rings. The zero-order valence-corrected chi connectivity index (χ0v) is 9.99. The second-order valence-electron chi connectivity index (χ2n) is 3.99. The number of anilines is 2. The van der Waals surface area contributed by atoms with Gasteiger partial charge in [-0.3, -0.25) is 0 Å². The maximum absolute atomic E-state index is 11.2. The number of rotatable bonds is 2. The number of piperazine rings is 1. The molecule has 0 unspecified atom stereocenters. The molecule has 1 saturated heterocycles. The first-order chi connectivity index (χ1) is 8.29. The van der Waals surface area contributed by atoms with Crippen molar-refractivity contribution in [1.82, 2.24) is 10.6 Å². The van der Waals surface area contributed by atoms with E-state index < -0.39 is 0 Å². The molecule has 5 heteroatoms. The topological polar surface area (TPSA) is 56.4 Å². The summed E-state index contributed by atoms with van der Waals surface area (Å²) < 4.78 is 0. The molecule has 0 saturated carbocycles. The molecule has 2 rings (SSSR count). The number of hydrogen-bond acceptors (Lipinski definition) is 3. The number of nitrogens with zero attached hydrogens (tertiary/aromatic N) is 1. The predicted molar refractivity (Wildman–Crippen MR) is 69.6 cm³/mol. The van der Waals surface area contributed by atoms with Gasteiger partial charge in [-0.25, -0.2) is 4.79 Å². The van der Waals surface area contributed by atoms with Crippen LogP contribution in [0.4, 0.5) is 16.2 Å². The molecule has 0 bridgehead atoms. The first-order valence-corrected chi connectivity index (χ1v) is 5.84. The Labute approximate surface area is 101 Å². The lowest BCUT2D eigenvalue weighted by atomic mass is 10.2. The summed E-state index contributed by atoms with van der Waals surface area (Å²) >= 11 is 0. The van der Waals surface area contributed by atoms with Crippen molar-refractivity contribution in [1.29, 1.82) is 0 Å². The molecule has 2 amide bonds. The van der Waals surface area contributed by atoms with Crippen LogP contribution in [0.1, 0.15) is 0 Å². The van der Waals surface area contributed by atoms with Gasteiger partial charge in [-0.15, -0.1) is 0 Å². The average molecular weight is 234 g/mol. The number of benzene rings is 1. The van der Waals surface area contributed by atoms with Crippen LogP contribution in [0.15, 0.2) is 24.3 Å². The Morgan fingerprint density at radius 3 is 2.82 bits per heavy atom. The van der Waals surface area contributed by atoms with E-state index in [0.29, 0.717) is 0 Å². The number of carbonyl (C=O) groups is 1. The first kappa shape index (κ1) is 11.7. The van der Waals surface area contributed by atoms with Gasteiger partial charge in [-0.2, -0.15) is 0 Å². The molecule has 17 heavy (non-hydrogen) atoms. The van der Waals surface area contributed by atoms with Crippen LogP contribution in [-0.2, 0) is 0 Å². The Balaban J connectivity index is 2.07. The summed E-state index contributed by atoms with van der Waals surface area (Å²) in [6.45, 7) is 4.02. The Hall–Kier alpha value is -1.75. The lowest BCUT2D eigenvalue weighted by molar-refractivity contribution is 0.254. The lowest BCUT2D eigenvalue weighted by Crippen LogP contribution is -2.43. The van der Waals surface area contributed by atoms with Gasteiger partial charge in [0.2, 0.25) is 0 Å². The second kappa shape index (κ2) is 5.54. The molecule has 5 nitrogen and oxygen atoms in total. The van der Waals surface area contributed by atoms with E-state index >= 15 is 0 Å². The van der Waals surface area contributed by atoms with Crippen molar-refractivity contribution in [3.8, 4) is 0 Å². The molecule has 0 spiro atoms. The third-order valence-corrected chi connectivity index (χ3v) is 2.81. The fraction of sp³-hybridized carbons (Fsp3) is 0.417. The molecule has 0 aromatic heterocycles. The van der Waals surface area contributed by atoms with E-state index in [0.717, 1.165) is 37.6 Å². The van der Waals surface area contributed by atoms with Crippen LogP contribution in [0, 0.1) is 0 Å². The molecular weight excluding hydrogens is 216 g/mol. The maximum atomic E-state index is 11.2. The van der Waals surface area contributed by atoms with Gasteiger partial charge in [0.25, 0.3) is 0 Å². The molecule has 3 N–H and O–H groups in total. The van der Waals surface area contributed by atoms with Gasteiger partial charge in [0.15, 0.2) is 0 Å². The Morgan fingerprint density at radius 2 is 2.12 bits per heavy atom. The number of amides is 2. The summed E-state index contributed by atoms with van der Waals surface area (Å²) in [5.41, 5.74) is 1.97. The molecule has 1 aliphatic heterocycles. The molecule has 1 heterocycles. The summed E-state index contributed by atoms with van der Waals surface area (Å²) in [6.07, 6.45) is 0. The van der Waals surface area contributed by atoms with Gasteiger partial charge >= 0.3 is 6.03 Å². The minimum atomic E-state index is -0.192. The Kier molecular flexibility index (Phi) is 3.82. The summed E-state index contributed by atoms with van der Waals surface area (Å²) in [6, 6.07) is 7.73. The standard InChI is InChI=1S/C12H18N4O/c1-13-12(17)15-10-3-2-4-11(9-10)16-7-5-14-6-8-16/h2-4,9,14H,5-8H2,1H3,(H2,13,15,17). The molecule has 1 aromatic carbocycles. The quantitative estimate of drug-likeness (QED) is 0.711. The molecule has 0 aliphatic carbocycles. The number of nitrogens with one attached hydrogen (secondary N) is 3. The highest BCUT2D eigenvalue weighted by Gasteiger charge is 2.10. The van der Waals surface area contributed by atoms with E-state index in [4.69, 9.17) is 0 Å². The van der Waals surface area contributed by atoms with E-state index in [2.05, 4.69) is 26.9 Å². The van der Waals surface area contributed by atoms with Crippen molar-refractivity contribution in [3.63, 3.8) is 0 Å². The smallest absolute Gasteiger partial charge is 0.318 e. The Morgan fingerprint density at radius 1 is 1.35 bits per heavy atom. The summed E-state index contributed by atoms with van der Waals surface area (Å²) in [5.74, 6) is 0. The molecule has 1 aromatic rings. The van der Waals surface area contributed by atoms with E-state index in [-0.39, 0.29) is 6.03 Å². The molecule has 1 aliphatic rings. The van der Waals surface area contributed by atoms with Gasteiger partial charge in [0.1, 0.15) is 0 Å². The highest BCUT2D eigenvalue weighted by molar-refractivity contribution is 5.89. The van der Waals surface area contributed by atoms with Gasteiger partial charge in [-0.1, -0.05) is 6.07 Å². The van der Waals surface area contributed by atoms with Gasteiger partial charge in [-0.05, 0) is 18.2 Å². The van der Waals surface area contributed by atoms with Gasteiger partial charge in [0, 0.05) is 44.6 Å². The van der Waals surface area contributed by atoms with E-state index in [1.54, 1.807) is 7.05 Å². The number of carbonyl (C=O) groups excluding carboxylic acids is 1. The van der Waals surface area contributed by atoms with Crippen molar-refractivity contribution < 1.29 is 4.79 Å². The predicted octanol–water partition coefficient (Wildman–Crippen LogP) is 0.847. The molecule has 92 valence electrons. The largest absolute Gasteiger partial charge is 0.369 e. The van der Waals surface area contributed by atoms with E-state index in [9.17, 15) is 4.79 Å². The van der Waals surface area contributed by atoms with Crippen LogP contribution in [0.5, 0.6) is 0 Å². The highest BCUT2D eigenvalue weighted by Crippen LogP contribution is 2.19. The minimum absolute atomic E-state index is 0.192. The molecule has 0 atom stereocenters. The second-order valence-corrected chi connectivity index (χ2v) is 3.99. The monoisotopic (exact) mass is 234 g/mol. The van der Waals surface area contributed by atoms with Crippen molar-refractivity contribution in [2.24, 2.45) is 0 Å². The summed E-state index contributed by atoms with van der Waals surface area (Å²) in [4.78, 5) is 13.5. The van der Waals surface area contributed by atoms with Crippen LogP contribution in [0.25, 0.3) is 0 Å². The van der Waals surface area contributed by atoms with Crippen LogP contribution in [-0.4, -0.2) is 39.3 Å². The third kappa shape index (κ3) is 3.10. The van der Waals surface area contributed by atoms with Crippen LogP contribution < -0.4 is 20.9 Å². The average Bonchev–Trinajstić information content (AvgIpc) is 2.40. The zero-order chi connectivity index (χ0) is 12.1. The van der Waals surface area contributed by atoms with Gasteiger partial charge < -0.3 is 20.9 Å². The van der Waals surface area contributed by atoms with Crippen LogP contribution >= 0.6 is 0 Å². The highest BCUT2D eigenvalue weighted by atomic mass is 16.2. The van der Waals surface area contributed by atoms with Crippen LogP contribution in [0.2, 0.25) is 0 Å². The number of hydrogen-bond donors (Lipinski definition) is 3. The molecular formula is C12H18N4O. The van der Waals surface area contributed by atoms with Crippen molar-refractivity contribution in [3.05, 3.63) is 24.3 Å². The van der Waals surface area contributed by atoms with E-state index in [1.807, 2.05) is 18.2 Å². The molecule has 0 radical (unpaired) electrons. The fourth-order valence-corrected chi connectivity index (χ4v) is 1.90. The normalized spacial score (nSPS) is 15.5.